The van der Waals surface area contributed by atoms with Crippen LogP contribution in [0.2, 0.25) is 0 Å². The van der Waals surface area contributed by atoms with Crippen LogP contribution in [-0.2, 0) is 11.2 Å². The van der Waals surface area contributed by atoms with Gasteiger partial charge in [-0.05, 0) is 42.6 Å². The van der Waals surface area contributed by atoms with Crippen LogP contribution in [0.4, 0.5) is 0 Å². The lowest BCUT2D eigenvalue weighted by Crippen LogP contribution is -2.56. The number of amides is 2. The molecule has 0 aliphatic carbocycles. The number of hydrogen-bond acceptors (Lipinski definition) is 4. The molecule has 3 N–H and O–H groups in total. The van der Waals surface area contributed by atoms with E-state index in [1.165, 1.54) is 0 Å². The van der Waals surface area contributed by atoms with Crippen LogP contribution in [0.15, 0.2) is 54.9 Å². The maximum absolute atomic E-state index is 13.0. The summed E-state index contributed by atoms with van der Waals surface area (Å²) in [6, 6.07) is 12.1. The Morgan fingerprint density at radius 3 is 2.59 bits per heavy atom. The van der Waals surface area contributed by atoms with Crippen LogP contribution in [0.1, 0.15) is 29.3 Å². The molecular formula is C21H28Cl2N4O2. The molecule has 0 bridgehead atoms. The third-order valence-electron chi connectivity index (χ3n) is 4.98. The summed E-state index contributed by atoms with van der Waals surface area (Å²) in [5.74, 6) is -0.0165. The molecule has 1 aliphatic heterocycles. The quantitative estimate of drug-likeness (QED) is 0.646. The Hall–Kier alpha value is -2.15. The van der Waals surface area contributed by atoms with E-state index < -0.39 is 6.04 Å². The number of pyridine rings is 1. The summed E-state index contributed by atoms with van der Waals surface area (Å²) in [5, 5.41) is 9.31. The van der Waals surface area contributed by atoms with Crippen LogP contribution in [0.3, 0.4) is 0 Å². The van der Waals surface area contributed by atoms with Gasteiger partial charge in [0.15, 0.2) is 0 Å². The summed E-state index contributed by atoms with van der Waals surface area (Å²) < 4.78 is 0. The van der Waals surface area contributed by atoms with E-state index in [1.54, 1.807) is 36.7 Å². The molecule has 0 radical (unpaired) electrons. The SMILES string of the molecule is CC1CCNCC1NC(=O)C(Cc1cccnc1)NC(=O)c1ccccc1.Cl.Cl. The minimum atomic E-state index is -0.656. The van der Waals surface area contributed by atoms with Gasteiger partial charge in [0.05, 0.1) is 0 Å². The second-order valence-corrected chi connectivity index (χ2v) is 7.04. The summed E-state index contributed by atoms with van der Waals surface area (Å²) in [6.07, 6.45) is 4.83. The maximum atomic E-state index is 13.0. The molecule has 0 saturated carbocycles. The highest BCUT2D eigenvalue weighted by Crippen LogP contribution is 2.12. The van der Waals surface area contributed by atoms with Crippen LogP contribution in [0.25, 0.3) is 0 Å². The third-order valence-corrected chi connectivity index (χ3v) is 4.98. The number of hydrogen-bond donors (Lipinski definition) is 3. The van der Waals surface area contributed by atoms with Gasteiger partial charge in [-0.1, -0.05) is 31.2 Å². The molecule has 6 nitrogen and oxygen atoms in total. The Morgan fingerprint density at radius 2 is 1.93 bits per heavy atom. The van der Waals surface area contributed by atoms with E-state index >= 15 is 0 Å². The molecule has 1 fully saturated rings. The van der Waals surface area contributed by atoms with Gasteiger partial charge in [-0.3, -0.25) is 14.6 Å². The van der Waals surface area contributed by atoms with Crippen LogP contribution in [-0.4, -0.2) is 42.0 Å². The number of rotatable bonds is 6. The van der Waals surface area contributed by atoms with Gasteiger partial charge in [-0.2, -0.15) is 0 Å². The number of halogens is 2. The maximum Gasteiger partial charge on any atom is 0.251 e. The van der Waals surface area contributed by atoms with Crippen molar-refractivity contribution in [3.8, 4) is 0 Å². The van der Waals surface area contributed by atoms with E-state index in [9.17, 15) is 9.59 Å². The number of nitrogens with one attached hydrogen (secondary N) is 3. The van der Waals surface area contributed by atoms with Gasteiger partial charge in [-0.25, -0.2) is 0 Å². The number of aromatic nitrogens is 1. The summed E-state index contributed by atoms with van der Waals surface area (Å²) in [7, 11) is 0. The molecule has 1 aromatic carbocycles. The molecule has 3 rings (SSSR count). The van der Waals surface area contributed by atoms with Crippen molar-refractivity contribution in [1.29, 1.82) is 0 Å². The topological polar surface area (TPSA) is 83.1 Å². The first-order valence-corrected chi connectivity index (χ1v) is 9.39. The highest BCUT2D eigenvalue weighted by atomic mass is 35.5. The molecule has 8 heteroatoms. The van der Waals surface area contributed by atoms with Gasteiger partial charge in [0.2, 0.25) is 5.91 Å². The molecule has 2 heterocycles. The summed E-state index contributed by atoms with van der Waals surface area (Å²) in [6.45, 7) is 3.86. The summed E-state index contributed by atoms with van der Waals surface area (Å²) in [5.41, 5.74) is 1.44. The predicted molar refractivity (Wildman–Crippen MR) is 119 cm³/mol. The zero-order valence-corrected chi connectivity index (χ0v) is 18.0. The molecule has 2 amide bonds. The third kappa shape index (κ3) is 7.31. The largest absolute Gasteiger partial charge is 0.350 e. The normalized spacial score (nSPS) is 19.1. The van der Waals surface area contributed by atoms with E-state index in [0.29, 0.717) is 17.9 Å². The molecule has 1 saturated heterocycles. The van der Waals surface area contributed by atoms with Crippen LogP contribution >= 0.6 is 24.8 Å². The molecule has 1 aliphatic rings. The minimum Gasteiger partial charge on any atom is -0.350 e. The van der Waals surface area contributed by atoms with Crippen LogP contribution in [0, 0.1) is 5.92 Å². The van der Waals surface area contributed by atoms with Crippen molar-refractivity contribution < 1.29 is 9.59 Å². The lowest BCUT2D eigenvalue weighted by molar-refractivity contribution is -0.124. The molecule has 1 aromatic heterocycles. The molecular weight excluding hydrogens is 411 g/mol. The smallest absolute Gasteiger partial charge is 0.251 e. The average Bonchev–Trinajstić information content (AvgIpc) is 2.70. The van der Waals surface area contributed by atoms with Gasteiger partial charge in [0.1, 0.15) is 6.04 Å². The second-order valence-electron chi connectivity index (χ2n) is 7.04. The molecule has 0 spiro atoms. The van der Waals surface area contributed by atoms with Crippen molar-refractivity contribution in [2.24, 2.45) is 5.92 Å². The van der Waals surface area contributed by atoms with E-state index in [1.807, 2.05) is 18.2 Å². The molecule has 158 valence electrons. The first kappa shape index (κ1) is 24.9. The fourth-order valence-corrected chi connectivity index (χ4v) is 3.26. The summed E-state index contributed by atoms with van der Waals surface area (Å²) >= 11 is 0. The van der Waals surface area contributed by atoms with Crippen LogP contribution in [0.5, 0.6) is 0 Å². The lowest BCUT2D eigenvalue weighted by atomic mass is 9.94. The van der Waals surface area contributed by atoms with Gasteiger partial charge in [-0.15, -0.1) is 24.8 Å². The zero-order valence-electron chi connectivity index (χ0n) is 16.3. The Balaban J connectivity index is 0.00000210. The van der Waals surface area contributed by atoms with Crippen molar-refractivity contribution in [2.45, 2.75) is 31.8 Å². The molecule has 3 unspecified atom stereocenters. The number of carbonyl (C=O) groups is 2. The van der Waals surface area contributed by atoms with Crippen molar-refractivity contribution in [1.82, 2.24) is 20.9 Å². The standard InChI is InChI=1S/C21H26N4O2.2ClH/c1-15-9-11-23-14-19(15)25-21(27)18(12-16-6-5-10-22-13-16)24-20(26)17-7-3-2-4-8-17;;/h2-8,10,13,15,18-19,23H,9,11-12,14H2,1H3,(H,24,26)(H,25,27);2*1H. The highest BCUT2D eigenvalue weighted by molar-refractivity contribution is 5.97. The Morgan fingerprint density at radius 1 is 1.17 bits per heavy atom. The fourth-order valence-electron chi connectivity index (χ4n) is 3.26. The number of nitrogens with zero attached hydrogens (tertiary/aromatic N) is 1. The van der Waals surface area contributed by atoms with Crippen molar-refractivity contribution in [2.75, 3.05) is 13.1 Å². The number of piperidine rings is 1. The monoisotopic (exact) mass is 438 g/mol. The zero-order chi connectivity index (χ0) is 19.1. The Labute approximate surface area is 184 Å². The van der Waals surface area contributed by atoms with E-state index in [-0.39, 0.29) is 42.7 Å². The number of benzene rings is 1. The van der Waals surface area contributed by atoms with E-state index in [4.69, 9.17) is 0 Å². The number of carbonyl (C=O) groups excluding carboxylic acids is 2. The first-order valence-electron chi connectivity index (χ1n) is 9.39. The molecule has 29 heavy (non-hydrogen) atoms. The van der Waals surface area contributed by atoms with Crippen LogP contribution < -0.4 is 16.0 Å². The highest BCUT2D eigenvalue weighted by Gasteiger charge is 2.27. The van der Waals surface area contributed by atoms with Gasteiger partial charge in [0.25, 0.3) is 5.91 Å². The minimum absolute atomic E-state index is 0. The first-order chi connectivity index (χ1) is 13.1. The average molecular weight is 439 g/mol. The Bertz CT molecular complexity index is 762. The lowest BCUT2D eigenvalue weighted by Gasteiger charge is -2.31. The van der Waals surface area contributed by atoms with E-state index in [2.05, 4.69) is 27.9 Å². The van der Waals surface area contributed by atoms with Crippen molar-refractivity contribution >= 4 is 36.6 Å². The predicted octanol–water partition coefficient (Wildman–Crippen LogP) is 2.38. The Kier molecular flexibility index (Phi) is 10.7. The van der Waals surface area contributed by atoms with Crippen molar-refractivity contribution in [3.63, 3.8) is 0 Å². The van der Waals surface area contributed by atoms with E-state index in [0.717, 1.165) is 25.1 Å². The van der Waals surface area contributed by atoms with Crippen molar-refractivity contribution in [3.05, 3.63) is 66.0 Å². The van der Waals surface area contributed by atoms with Gasteiger partial charge >= 0.3 is 0 Å². The second kappa shape index (κ2) is 12.4. The molecule has 2 aromatic rings. The summed E-state index contributed by atoms with van der Waals surface area (Å²) in [4.78, 5) is 29.6. The fraction of sp³-hybridized carbons (Fsp3) is 0.381. The van der Waals surface area contributed by atoms with Gasteiger partial charge in [0, 0.05) is 37.0 Å². The van der Waals surface area contributed by atoms with Gasteiger partial charge < -0.3 is 16.0 Å². The molecule has 3 atom stereocenters.